The molecule has 1 aromatic heterocycles. The summed E-state index contributed by atoms with van der Waals surface area (Å²) in [6.45, 7) is 3.59. The van der Waals surface area contributed by atoms with Crippen LogP contribution in [0, 0.1) is 5.92 Å². The number of imide groups is 1. The van der Waals surface area contributed by atoms with Crippen LogP contribution < -0.4 is 19.8 Å². The second kappa shape index (κ2) is 8.69. The maximum atomic E-state index is 13.5. The molecule has 35 heavy (non-hydrogen) atoms. The van der Waals surface area contributed by atoms with Crippen molar-refractivity contribution < 1.29 is 19.1 Å². The smallest absolute Gasteiger partial charge is 0.308 e. The number of aromatic nitrogens is 1. The molecule has 0 saturated carbocycles. The summed E-state index contributed by atoms with van der Waals surface area (Å²) in [5, 5.41) is 2.68. The lowest BCUT2D eigenvalue weighted by atomic mass is 9.76. The quantitative estimate of drug-likeness (QED) is 0.529. The summed E-state index contributed by atoms with van der Waals surface area (Å²) in [6.07, 6.45) is 0. The molecule has 2 unspecified atom stereocenters. The number of anilines is 2. The molecule has 180 valence electrons. The van der Waals surface area contributed by atoms with Gasteiger partial charge >= 0.3 is 4.87 Å². The highest BCUT2D eigenvalue weighted by atomic mass is 32.2. The van der Waals surface area contributed by atoms with Gasteiger partial charge in [0, 0.05) is 16.0 Å². The highest BCUT2D eigenvalue weighted by Gasteiger charge is 2.59. The number of hydrogen-bond donors (Lipinski definition) is 1. The van der Waals surface area contributed by atoms with Crippen LogP contribution in [0.1, 0.15) is 18.7 Å². The molecule has 8 nitrogen and oxygen atoms in total. The summed E-state index contributed by atoms with van der Waals surface area (Å²) >= 11 is 2.23. The molecule has 0 bridgehead atoms. The molecule has 10 heteroatoms. The number of nitrogens with zero attached hydrogens (tertiary/aromatic N) is 2. The van der Waals surface area contributed by atoms with Crippen molar-refractivity contribution in [2.24, 2.45) is 5.92 Å². The van der Waals surface area contributed by atoms with Crippen molar-refractivity contribution >= 4 is 52.2 Å². The molecule has 2 aliphatic rings. The zero-order valence-electron chi connectivity index (χ0n) is 19.3. The van der Waals surface area contributed by atoms with E-state index in [1.165, 1.54) is 21.2 Å². The van der Waals surface area contributed by atoms with Crippen LogP contribution >= 0.6 is 23.1 Å². The van der Waals surface area contributed by atoms with Gasteiger partial charge in [-0.05, 0) is 36.4 Å². The summed E-state index contributed by atoms with van der Waals surface area (Å²) in [5.41, 5.74) is 0.355. The lowest BCUT2D eigenvalue weighted by Gasteiger charge is -2.36. The van der Waals surface area contributed by atoms with Gasteiger partial charge in [-0.2, -0.15) is 0 Å². The first-order chi connectivity index (χ1) is 16.7. The Hall–Kier alpha value is -3.37. The molecular weight excluding hydrogens is 486 g/mol. The molecule has 3 heterocycles. The first-order valence-electron chi connectivity index (χ1n) is 11.0. The Kier molecular flexibility index (Phi) is 5.80. The summed E-state index contributed by atoms with van der Waals surface area (Å²) in [4.78, 5) is 54.3. The number of carbonyl (C=O) groups is 3. The Labute approximate surface area is 209 Å². The fraction of sp³-hybridized carbons (Fsp3) is 0.280. The molecule has 1 fully saturated rings. The minimum Gasteiger partial charge on any atom is -0.497 e. The number of benzene rings is 2. The highest BCUT2D eigenvalue weighted by molar-refractivity contribution is 8.00. The van der Waals surface area contributed by atoms with Gasteiger partial charge in [-0.3, -0.25) is 23.7 Å². The molecule has 1 saturated heterocycles. The fourth-order valence-electron chi connectivity index (χ4n) is 4.62. The average molecular weight is 510 g/mol. The Bertz CT molecular complexity index is 1380. The van der Waals surface area contributed by atoms with Crippen LogP contribution in [0.5, 0.6) is 5.75 Å². The first-order valence-corrected chi connectivity index (χ1v) is 12.7. The molecule has 2 atom stereocenters. The van der Waals surface area contributed by atoms with Crippen molar-refractivity contribution in [1.29, 1.82) is 0 Å². The maximum absolute atomic E-state index is 13.5. The molecule has 1 N–H and O–H groups in total. The van der Waals surface area contributed by atoms with E-state index >= 15 is 0 Å². The van der Waals surface area contributed by atoms with Gasteiger partial charge in [-0.25, -0.2) is 4.90 Å². The predicted molar refractivity (Wildman–Crippen MR) is 135 cm³/mol. The molecule has 3 aromatic rings. The van der Waals surface area contributed by atoms with Crippen molar-refractivity contribution in [3.8, 4) is 5.75 Å². The van der Waals surface area contributed by atoms with E-state index in [9.17, 15) is 19.2 Å². The van der Waals surface area contributed by atoms with E-state index in [1.807, 2.05) is 32.0 Å². The summed E-state index contributed by atoms with van der Waals surface area (Å²) < 4.78 is 6.59. The highest BCUT2D eigenvalue weighted by Crippen LogP contribution is 2.54. The first kappa shape index (κ1) is 23.4. The number of para-hydroxylation sites is 1. The predicted octanol–water partition coefficient (Wildman–Crippen LogP) is 3.50. The third-order valence-corrected chi connectivity index (χ3v) is 9.22. The number of amides is 3. The van der Waals surface area contributed by atoms with Crippen LogP contribution in [0.15, 0.2) is 64.4 Å². The van der Waals surface area contributed by atoms with Gasteiger partial charge in [-0.15, -0.1) is 0 Å². The van der Waals surface area contributed by atoms with Crippen molar-refractivity contribution in [2.75, 3.05) is 17.3 Å². The molecule has 5 rings (SSSR count). The standard InChI is InChI=1S/C25H23N3O5S2/c1-25(2)18-19(22(31)28(21(18)30)15-9-11-16(33-3)12-10-15)34-23-20(25)35-24(32)27(23)13-17(29)26-14-7-5-4-6-8-14/h4-12,18-19H,13H2,1-3H3,(H,26,29). The molecule has 0 spiro atoms. The van der Waals surface area contributed by atoms with Gasteiger partial charge in [0.1, 0.15) is 17.5 Å². The van der Waals surface area contributed by atoms with Crippen LogP contribution in [0.2, 0.25) is 0 Å². The summed E-state index contributed by atoms with van der Waals surface area (Å²) in [7, 11) is 1.55. The number of methoxy groups -OCH3 is 1. The van der Waals surface area contributed by atoms with E-state index in [4.69, 9.17) is 4.74 Å². The Morgan fingerprint density at radius 3 is 2.37 bits per heavy atom. The van der Waals surface area contributed by atoms with Crippen molar-refractivity contribution in [3.63, 3.8) is 0 Å². The SMILES string of the molecule is COc1ccc(N2C(=O)C3Sc4c(sc(=O)n4CC(=O)Nc4ccccc4)C(C)(C)C3C2=O)cc1. The molecule has 3 amide bonds. The maximum Gasteiger partial charge on any atom is 0.308 e. The summed E-state index contributed by atoms with van der Waals surface area (Å²) in [6, 6.07) is 15.8. The summed E-state index contributed by atoms with van der Waals surface area (Å²) in [5.74, 6) is -0.956. The van der Waals surface area contributed by atoms with E-state index in [1.54, 1.807) is 43.5 Å². The monoisotopic (exact) mass is 509 g/mol. The van der Waals surface area contributed by atoms with Gasteiger partial charge in [0.15, 0.2) is 0 Å². The topological polar surface area (TPSA) is 97.7 Å². The normalized spacial score (nSPS) is 20.4. The number of nitrogens with one attached hydrogen (secondary N) is 1. The third-order valence-electron chi connectivity index (χ3n) is 6.39. The second-order valence-electron chi connectivity index (χ2n) is 8.95. The number of thiazole rings is 1. The van der Waals surface area contributed by atoms with Crippen LogP contribution in [0.3, 0.4) is 0 Å². The van der Waals surface area contributed by atoms with Crippen LogP contribution in [0.4, 0.5) is 11.4 Å². The number of fused-ring (bicyclic) bond motifs is 2. The van der Waals surface area contributed by atoms with E-state index in [0.29, 0.717) is 22.2 Å². The van der Waals surface area contributed by atoms with Gasteiger partial charge in [0.25, 0.3) is 0 Å². The lowest BCUT2D eigenvalue weighted by molar-refractivity contribution is -0.123. The van der Waals surface area contributed by atoms with Gasteiger partial charge in [0.2, 0.25) is 17.7 Å². The number of rotatable bonds is 5. The Morgan fingerprint density at radius 2 is 1.71 bits per heavy atom. The van der Waals surface area contributed by atoms with E-state index in [0.717, 1.165) is 16.2 Å². The fourth-order valence-corrected chi connectivity index (χ4v) is 7.66. The minimum absolute atomic E-state index is 0.176. The molecule has 2 aliphatic heterocycles. The number of thioether (sulfide) groups is 1. The third kappa shape index (κ3) is 3.86. The Morgan fingerprint density at radius 1 is 1.03 bits per heavy atom. The van der Waals surface area contributed by atoms with E-state index in [-0.39, 0.29) is 29.1 Å². The van der Waals surface area contributed by atoms with Gasteiger partial charge in [-0.1, -0.05) is 55.1 Å². The molecule has 2 aromatic carbocycles. The number of carbonyl (C=O) groups excluding carboxylic acids is 3. The Balaban J connectivity index is 1.47. The van der Waals surface area contributed by atoms with Crippen molar-refractivity contribution in [3.05, 3.63) is 69.1 Å². The number of hydrogen-bond acceptors (Lipinski definition) is 7. The van der Waals surface area contributed by atoms with Gasteiger partial charge < -0.3 is 10.1 Å². The average Bonchev–Trinajstić information content (AvgIpc) is 3.29. The van der Waals surface area contributed by atoms with Crippen molar-refractivity contribution in [2.45, 2.75) is 36.1 Å². The van der Waals surface area contributed by atoms with Crippen LogP contribution in [-0.4, -0.2) is 34.6 Å². The van der Waals surface area contributed by atoms with E-state index < -0.39 is 16.6 Å². The van der Waals surface area contributed by atoms with Crippen molar-refractivity contribution in [1.82, 2.24) is 4.57 Å². The van der Waals surface area contributed by atoms with Crippen LogP contribution in [0.25, 0.3) is 0 Å². The molecule has 0 radical (unpaired) electrons. The second-order valence-corrected chi connectivity index (χ2v) is 11.0. The zero-order valence-corrected chi connectivity index (χ0v) is 20.9. The lowest BCUT2D eigenvalue weighted by Crippen LogP contribution is -2.41. The zero-order chi connectivity index (χ0) is 24.9. The van der Waals surface area contributed by atoms with Crippen LogP contribution in [-0.2, 0) is 26.3 Å². The van der Waals surface area contributed by atoms with Gasteiger partial charge in [0.05, 0.1) is 23.7 Å². The molecule has 0 aliphatic carbocycles. The molecular formula is C25H23N3O5S2. The largest absolute Gasteiger partial charge is 0.497 e. The minimum atomic E-state index is -0.760. The van der Waals surface area contributed by atoms with E-state index in [2.05, 4.69) is 5.32 Å². The number of ether oxygens (including phenoxy) is 1.